The molecule has 1 aliphatic heterocycles. The first kappa shape index (κ1) is 19.0. The van der Waals surface area contributed by atoms with Crippen LogP contribution < -0.4 is 10.2 Å². The van der Waals surface area contributed by atoms with E-state index in [1.165, 1.54) is 16.6 Å². The van der Waals surface area contributed by atoms with E-state index in [4.69, 9.17) is 11.6 Å². The van der Waals surface area contributed by atoms with Gasteiger partial charge in [0.05, 0.1) is 27.5 Å². The molecule has 3 heterocycles. The Morgan fingerprint density at radius 3 is 2.42 bits per heavy atom. The molecule has 4 aromatic rings. The molecule has 2 aromatic heterocycles. The predicted molar refractivity (Wildman–Crippen MR) is 115 cm³/mol. The van der Waals surface area contributed by atoms with Crippen molar-refractivity contribution in [2.45, 2.75) is 6.92 Å². The van der Waals surface area contributed by atoms with Crippen LogP contribution in [0.3, 0.4) is 0 Å². The van der Waals surface area contributed by atoms with Gasteiger partial charge in [-0.25, -0.2) is 14.4 Å². The standard InChI is InChI=1S/C22H14ClN5O3/c1-12-18(19-24-9-4-10-27(19)26-12)20(29)25-13-7-8-17(16(23)11-13)28-21(30)14-5-2-3-6-15(14)22(28)31/h2-11H,1H3,(H,25,29). The zero-order valence-electron chi connectivity index (χ0n) is 16.2. The summed E-state index contributed by atoms with van der Waals surface area (Å²) in [5.41, 5.74) is 2.64. The van der Waals surface area contributed by atoms with Crippen LogP contribution in [-0.2, 0) is 0 Å². The molecule has 8 nitrogen and oxygen atoms in total. The average Bonchev–Trinajstić information content (AvgIpc) is 3.22. The number of halogens is 1. The summed E-state index contributed by atoms with van der Waals surface area (Å²) in [4.78, 5) is 43.5. The van der Waals surface area contributed by atoms with E-state index in [9.17, 15) is 14.4 Å². The van der Waals surface area contributed by atoms with Crippen LogP contribution in [-0.4, -0.2) is 32.3 Å². The van der Waals surface area contributed by atoms with E-state index >= 15 is 0 Å². The smallest absolute Gasteiger partial charge is 0.266 e. The van der Waals surface area contributed by atoms with Crippen molar-refractivity contribution < 1.29 is 14.4 Å². The van der Waals surface area contributed by atoms with Crippen LogP contribution in [0.4, 0.5) is 11.4 Å². The summed E-state index contributed by atoms with van der Waals surface area (Å²) >= 11 is 6.39. The van der Waals surface area contributed by atoms with Gasteiger partial charge in [-0.15, -0.1) is 0 Å². The fourth-order valence-electron chi connectivity index (χ4n) is 3.63. The second kappa shape index (κ2) is 7.03. The van der Waals surface area contributed by atoms with Crippen LogP contribution >= 0.6 is 11.6 Å². The fraction of sp³-hybridized carbons (Fsp3) is 0.0455. The number of imide groups is 1. The van der Waals surface area contributed by atoms with Crippen molar-refractivity contribution in [3.63, 3.8) is 0 Å². The molecule has 2 aromatic carbocycles. The molecule has 0 fully saturated rings. The third-order valence-electron chi connectivity index (χ3n) is 5.04. The number of rotatable bonds is 3. The number of hydrogen-bond donors (Lipinski definition) is 1. The van der Waals surface area contributed by atoms with Gasteiger partial charge in [-0.05, 0) is 43.3 Å². The normalized spacial score (nSPS) is 13.0. The zero-order valence-corrected chi connectivity index (χ0v) is 16.9. The number of nitrogens with zero attached hydrogens (tertiary/aromatic N) is 4. The number of aromatic nitrogens is 3. The van der Waals surface area contributed by atoms with Crippen molar-refractivity contribution in [2.75, 3.05) is 10.2 Å². The lowest BCUT2D eigenvalue weighted by molar-refractivity contribution is 0.0924. The first-order valence-electron chi connectivity index (χ1n) is 9.34. The lowest BCUT2D eigenvalue weighted by Crippen LogP contribution is -2.29. The molecule has 5 rings (SSSR count). The summed E-state index contributed by atoms with van der Waals surface area (Å²) in [6.45, 7) is 1.72. The molecular weight excluding hydrogens is 418 g/mol. The van der Waals surface area contributed by atoms with E-state index in [0.717, 1.165) is 4.90 Å². The van der Waals surface area contributed by atoms with Gasteiger partial charge in [-0.1, -0.05) is 23.7 Å². The SMILES string of the molecule is Cc1nn2cccnc2c1C(=O)Nc1ccc(N2C(=O)c3ccccc3C2=O)c(Cl)c1. The maximum absolute atomic E-state index is 12.8. The Bertz CT molecular complexity index is 1380. The van der Waals surface area contributed by atoms with Gasteiger partial charge >= 0.3 is 0 Å². The van der Waals surface area contributed by atoms with Crippen molar-refractivity contribution >= 4 is 46.3 Å². The number of anilines is 2. The summed E-state index contributed by atoms with van der Waals surface area (Å²) in [6, 6.07) is 12.9. The highest BCUT2D eigenvalue weighted by atomic mass is 35.5. The van der Waals surface area contributed by atoms with Crippen molar-refractivity contribution in [3.8, 4) is 0 Å². The number of fused-ring (bicyclic) bond motifs is 2. The van der Waals surface area contributed by atoms with E-state index < -0.39 is 17.7 Å². The Morgan fingerprint density at radius 2 is 1.74 bits per heavy atom. The topological polar surface area (TPSA) is 96.7 Å². The number of carbonyl (C=O) groups excluding carboxylic acids is 3. The fourth-order valence-corrected chi connectivity index (χ4v) is 3.90. The number of hydrogen-bond acceptors (Lipinski definition) is 5. The molecular formula is C22H14ClN5O3. The van der Waals surface area contributed by atoms with E-state index in [2.05, 4.69) is 15.4 Å². The Balaban J connectivity index is 1.44. The Morgan fingerprint density at radius 1 is 1.03 bits per heavy atom. The zero-order chi connectivity index (χ0) is 21.7. The summed E-state index contributed by atoms with van der Waals surface area (Å²) in [5.74, 6) is -1.27. The largest absolute Gasteiger partial charge is 0.322 e. The van der Waals surface area contributed by atoms with Crippen molar-refractivity contribution in [1.29, 1.82) is 0 Å². The number of nitrogens with one attached hydrogen (secondary N) is 1. The third kappa shape index (κ3) is 2.96. The first-order chi connectivity index (χ1) is 15.0. The first-order valence-corrected chi connectivity index (χ1v) is 9.72. The second-order valence-corrected chi connectivity index (χ2v) is 7.37. The number of carbonyl (C=O) groups is 3. The van der Waals surface area contributed by atoms with Crippen molar-refractivity contribution in [3.05, 3.63) is 88.3 Å². The average molecular weight is 432 g/mol. The molecule has 0 saturated heterocycles. The Kier molecular flexibility index (Phi) is 4.30. The van der Waals surface area contributed by atoms with Gasteiger partial charge in [0.2, 0.25) is 0 Å². The van der Waals surface area contributed by atoms with Crippen LogP contribution in [0, 0.1) is 6.92 Å². The van der Waals surface area contributed by atoms with E-state index in [0.29, 0.717) is 33.7 Å². The summed E-state index contributed by atoms with van der Waals surface area (Å²) in [6.07, 6.45) is 3.29. The monoisotopic (exact) mass is 431 g/mol. The molecule has 1 aliphatic rings. The minimum absolute atomic E-state index is 0.155. The van der Waals surface area contributed by atoms with E-state index in [1.54, 1.807) is 55.7 Å². The summed E-state index contributed by atoms with van der Waals surface area (Å²) in [7, 11) is 0. The number of benzene rings is 2. The Hall–Kier alpha value is -4.04. The number of amides is 3. The predicted octanol–water partition coefficient (Wildman–Crippen LogP) is 3.74. The maximum atomic E-state index is 12.8. The van der Waals surface area contributed by atoms with Crippen LogP contribution in [0.5, 0.6) is 0 Å². The molecule has 3 amide bonds. The molecule has 0 aliphatic carbocycles. The molecule has 0 bridgehead atoms. The highest BCUT2D eigenvalue weighted by Crippen LogP contribution is 2.35. The molecule has 0 atom stereocenters. The van der Waals surface area contributed by atoms with E-state index in [1.807, 2.05) is 0 Å². The van der Waals surface area contributed by atoms with Crippen LogP contribution in [0.2, 0.25) is 5.02 Å². The molecule has 1 N–H and O–H groups in total. The van der Waals surface area contributed by atoms with Crippen LogP contribution in [0.1, 0.15) is 36.8 Å². The van der Waals surface area contributed by atoms with Gasteiger partial charge in [0.25, 0.3) is 17.7 Å². The third-order valence-corrected chi connectivity index (χ3v) is 5.34. The lowest BCUT2D eigenvalue weighted by Gasteiger charge is -2.16. The van der Waals surface area contributed by atoms with Gasteiger partial charge in [-0.3, -0.25) is 14.4 Å². The van der Waals surface area contributed by atoms with Gasteiger partial charge in [0, 0.05) is 18.1 Å². The van der Waals surface area contributed by atoms with Crippen LogP contribution in [0.15, 0.2) is 60.9 Å². The van der Waals surface area contributed by atoms with Crippen LogP contribution in [0.25, 0.3) is 5.65 Å². The minimum Gasteiger partial charge on any atom is -0.322 e. The van der Waals surface area contributed by atoms with Crippen molar-refractivity contribution in [2.24, 2.45) is 0 Å². The summed E-state index contributed by atoms with van der Waals surface area (Å²) in [5, 5.41) is 7.21. The lowest BCUT2D eigenvalue weighted by atomic mass is 10.1. The van der Waals surface area contributed by atoms with Gasteiger partial charge in [-0.2, -0.15) is 5.10 Å². The molecule has 0 radical (unpaired) electrons. The summed E-state index contributed by atoms with van der Waals surface area (Å²) < 4.78 is 1.53. The minimum atomic E-state index is -0.438. The maximum Gasteiger partial charge on any atom is 0.266 e. The van der Waals surface area contributed by atoms with E-state index in [-0.39, 0.29) is 10.7 Å². The highest BCUT2D eigenvalue weighted by molar-refractivity contribution is 6.40. The molecule has 0 saturated carbocycles. The highest BCUT2D eigenvalue weighted by Gasteiger charge is 2.37. The molecule has 0 unspecified atom stereocenters. The molecule has 9 heteroatoms. The molecule has 152 valence electrons. The Labute approximate surface area is 181 Å². The molecule has 31 heavy (non-hydrogen) atoms. The van der Waals surface area contributed by atoms with Gasteiger partial charge in [0.1, 0.15) is 5.56 Å². The molecule has 0 spiro atoms. The quantitative estimate of drug-likeness (QED) is 0.498. The second-order valence-electron chi connectivity index (χ2n) is 6.96. The number of aryl methyl sites for hydroxylation is 1. The van der Waals surface area contributed by atoms with Crippen molar-refractivity contribution in [1.82, 2.24) is 14.6 Å². The van der Waals surface area contributed by atoms with Gasteiger partial charge < -0.3 is 5.32 Å². The van der Waals surface area contributed by atoms with Gasteiger partial charge in [0.15, 0.2) is 5.65 Å².